The minimum Gasteiger partial charge on any atom is -0.508 e. The number of aromatic amines is 3. The van der Waals surface area contributed by atoms with E-state index in [1.807, 2.05) is 66.7 Å². The van der Waals surface area contributed by atoms with E-state index in [0.717, 1.165) is 16.5 Å². The molecule has 0 bridgehead atoms. The molecule has 0 unspecified atom stereocenters. The Labute approximate surface area is 790 Å². The van der Waals surface area contributed by atoms with E-state index in [0.29, 0.717) is 85.6 Å². The van der Waals surface area contributed by atoms with Crippen LogP contribution in [0.3, 0.4) is 0 Å². The fourth-order valence-corrected chi connectivity index (χ4v) is 16.5. The first-order valence-corrected chi connectivity index (χ1v) is 45.8. The molecule has 24 N–H and O–H groups in total. The molecule has 0 aliphatic carbocycles. The Bertz CT molecular complexity index is 6070. The maximum absolute atomic E-state index is 15.8. The zero-order chi connectivity index (χ0) is 96.6. The van der Waals surface area contributed by atoms with E-state index in [-0.39, 0.29) is 113 Å². The molecular weight excluding hydrogens is 1750 g/mol. The van der Waals surface area contributed by atoms with Crippen LogP contribution >= 0.6 is 12.6 Å². The van der Waals surface area contributed by atoms with Crippen LogP contribution in [0, 0.1) is 0 Å². The fraction of sp³-hybridized carbons (Fsp3) is 0.294. The lowest BCUT2D eigenvalue weighted by molar-refractivity contribution is -0.142. The largest absolute Gasteiger partial charge is 0.508 e. The minimum absolute atomic E-state index is 0.0163. The molecule has 3 heterocycles. The summed E-state index contributed by atoms with van der Waals surface area (Å²) in [5.74, 6) is -11.6. The standard InChI is InChI=1S/C102H115N17O16S/c103-46-18-16-32-80(92(124)112-82(49-62-22-6-2-7-23-62)95(127)117-89(56-69-59-108-79-31-15-12-28-75(69)79)100(132)114-85(52-65-36-42-71(121)43-37-65)94(126)110-81(102(134)135)33-17-19-47-104)109-93(125)84(51-64-34-40-70(120)41-35-64)113-99(131)88(55-68-58-107-78-30-14-11-27-74(68)78)118-96(128)83(50-63-24-8-3-9-25-63)116-101(133)90(60-136)119-97(129)86(53-66-38-44-72(122)45-39-66)115-98(130)87(54-67-57-106-77-29-13-10-26-73(67)77)111-91(123)76(105)48-61-20-4-1-5-21-61/h1-15,20-31,34-45,57-59,76,80-90,106-108,120-122,136H,16-19,32-33,46-56,60,103-105H2,(H,109,125)(H,110,126)(H,111,123)(H,112,124)(H,113,131)(H,114,132)(H,115,130)(H,116,133)(H,117,127)(H,118,128)(H,119,129)(H,134,135)/t76-,80-,81-,82-,83-,84-,85-,86-,87-,88-,89-,90-/m0/s1. The van der Waals surface area contributed by atoms with Crippen LogP contribution in [0.5, 0.6) is 17.2 Å². The average Bonchev–Trinajstić information content (AvgIpc) is 1.72. The van der Waals surface area contributed by atoms with Gasteiger partial charge in [0.1, 0.15) is 83.7 Å². The number of H-pyrrole nitrogens is 3. The molecule has 11 amide bonds. The number of aliphatic carboxylic acids is 1. The number of phenols is 3. The average molecular weight is 1870 g/mol. The highest BCUT2D eigenvalue weighted by Gasteiger charge is 2.39. The molecule has 12 atom stereocenters. The summed E-state index contributed by atoms with van der Waals surface area (Å²) in [7, 11) is 0. The number of aromatic nitrogens is 3. The summed E-state index contributed by atoms with van der Waals surface area (Å²) >= 11 is 4.54. The molecule has 12 aromatic rings. The van der Waals surface area contributed by atoms with Gasteiger partial charge in [0, 0.05) is 108 Å². The Kier molecular flexibility index (Phi) is 36.4. The topological polar surface area (TPSA) is 544 Å². The third kappa shape index (κ3) is 28.9. The van der Waals surface area contributed by atoms with Crippen LogP contribution in [-0.2, 0) is 115 Å². The van der Waals surface area contributed by atoms with Crippen LogP contribution in [0.1, 0.15) is 88.6 Å². The zero-order valence-electron chi connectivity index (χ0n) is 74.8. The number of amides is 11. The number of fused-ring (bicyclic) bond motifs is 3. The first-order valence-electron chi connectivity index (χ1n) is 45.2. The number of unbranched alkanes of at least 4 members (excludes halogenated alkanes) is 2. The molecule has 0 fully saturated rings. The number of nitrogens with two attached hydrogens (primary N) is 3. The van der Waals surface area contributed by atoms with Crippen molar-refractivity contribution in [3.05, 3.63) is 305 Å². The number of carbonyl (C=O) groups excluding carboxylic acids is 11. The van der Waals surface area contributed by atoms with Crippen LogP contribution in [0.25, 0.3) is 32.7 Å². The summed E-state index contributed by atoms with van der Waals surface area (Å²) in [4.78, 5) is 189. The highest BCUT2D eigenvalue weighted by molar-refractivity contribution is 7.80. The minimum atomic E-state index is -1.61. The predicted molar refractivity (Wildman–Crippen MR) is 518 cm³/mol. The van der Waals surface area contributed by atoms with E-state index in [2.05, 4.69) is 86.1 Å². The van der Waals surface area contributed by atoms with Crippen LogP contribution in [0.15, 0.2) is 255 Å². The van der Waals surface area contributed by atoms with Gasteiger partial charge in [-0.2, -0.15) is 12.6 Å². The van der Waals surface area contributed by atoms with Gasteiger partial charge in [-0.1, -0.05) is 182 Å². The maximum Gasteiger partial charge on any atom is 0.326 e. The second kappa shape index (κ2) is 49.6. The summed E-state index contributed by atoms with van der Waals surface area (Å²) in [6, 6.07) is 47.9. The van der Waals surface area contributed by atoms with Gasteiger partial charge >= 0.3 is 5.97 Å². The van der Waals surface area contributed by atoms with Crippen molar-refractivity contribution in [2.75, 3.05) is 18.8 Å². The molecule has 9 aromatic carbocycles. The predicted octanol–water partition coefficient (Wildman–Crippen LogP) is 5.66. The van der Waals surface area contributed by atoms with Gasteiger partial charge in [0.05, 0.1) is 6.04 Å². The number of benzene rings is 9. The number of hydrogen-bond donors (Lipinski definition) is 22. The first-order chi connectivity index (χ1) is 65.7. The van der Waals surface area contributed by atoms with Crippen molar-refractivity contribution in [3.8, 4) is 17.2 Å². The third-order valence-electron chi connectivity index (χ3n) is 23.6. The second-order valence-corrected chi connectivity index (χ2v) is 34.1. The highest BCUT2D eigenvalue weighted by Crippen LogP contribution is 2.26. The van der Waals surface area contributed by atoms with Crippen LogP contribution in [0.4, 0.5) is 0 Å². The number of nitrogens with one attached hydrogen (secondary N) is 14. The fourth-order valence-electron chi connectivity index (χ4n) is 16.2. The van der Waals surface area contributed by atoms with Gasteiger partial charge in [0.25, 0.3) is 0 Å². The molecule has 0 radical (unpaired) electrons. The molecule has 33 nitrogen and oxygen atoms in total. The molecule has 0 aliphatic heterocycles. The summed E-state index contributed by atoms with van der Waals surface area (Å²) in [6.07, 6.45) is 4.83. The molecule has 0 saturated carbocycles. The molecule has 12 rings (SSSR count). The van der Waals surface area contributed by atoms with E-state index in [4.69, 9.17) is 17.2 Å². The van der Waals surface area contributed by atoms with E-state index < -0.39 is 143 Å². The number of rotatable bonds is 50. The first kappa shape index (κ1) is 99.9. The van der Waals surface area contributed by atoms with Crippen LogP contribution in [-0.4, -0.2) is 198 Å². The zero-order valence-corrected chi connectivity index (χ0v) is 75.7. The van der Waals surface area contributed by atoms with Gasteiger partial charge in [0.2, 0.25) is 65.0 Å². The lowest BCUT2D eigenvalue weighted by atomic mass is 9.99. The van der Waals surface area contributed by atoms with Crippen molar-refractivity contribution >= 4 is 116 Å². The Morgan fingerprint density at radius 2 is 0.493 bits per heavy atom. The van der Waals surface area contributed by atoms with Crippen molar-refractivity contribution in [1.82, 2.24) is 73.4 Å². The van der Waals surface area contributed by atoms with Crippen molar-refractivity contribution < 1.29 is 78.0 Å². The molecule has 0 aliphatic rings. The molecule has 0 saturated heterocycles. The monoisotopic (exact) mass is 1870 g/mol. The summed E-state index contributed by atoms with van der Waals surface area (Å²) < 4.78 is 0. The summed E-state index contributed by atoms with van der Waals surface area (Å²) in [5.41, 5.74) is 25.3. The van der Waals surface area contributed by atoms with E-state index in [9.17, 15) is 34.8 Å². The summed E-state index contributed by atoms with van der Waals surface area (Å²) in [5, 5.41) is 74.3. The van der Waals surface area contributed by atoms with Crippen LogP contribution < -0.4 is 75.7 Å². The number of para-hydroxylation sites is 3. The number of carbonyl (C=O) groups is 12. The maximum atomic E-state index is 15.8. The van der Waals surface area contributed by atoms with Crippen molar-refractivity contribution in [2.24, 2.45) is 17.2 Å². The van der Waals surface area contributed by atoms with Gasteiger partial charge in [-0.15, -0.1) is 0 Å². The smallest absolute Gasteiger partial charge is 0.326 e. The molecule has 0 spiro atoms. The second-order valence-electron chi connectivity index (χ2n) is 33.7. The number of hydrogen-bond acceptors (Lipinski definition) is 19. The van der Waals surface area contributed by atoms with Gasteiger partial charge in [-0.05, 0) is 163 Å². The van der Waals surface area contributed by atoms with E-state index in [1.165, 1.54) is 60.7 Å². The number of carboxylic acid groups (broad SMARTS) is 1. The quantitative estimate of drug-likeness (QED) is 0.0161. The normalized spacial score (nSPS) is 13.9. The van der Waals surface area contributed by atoms with Crippen molar-refractivity contribution in [2.45, 2.75) is 169 Å². The van der Waals surface area contributed by atoms with Crippen molar-refractivity contribution in [1.29, 1.82) is 0 Å². The highest BCUT2D eigenvalue weighted by atomic mass is 32.1. The SMILES string of the molecule is NCCCC[C@H](NC(=O)[C@H](Cc1ccc(O)cc1)NC(=O)[C@H](Cc1c[nH]c2ccccc12)NC(=O)[C@H](Cc1ccccc1)NC(=O)[C@H](CCCCN)NC(=O)[C@H](Cc1ccc(O)cc1)NC(=O)[C@H](Cc1c[nH]c2ccccc12)NC(=O)[C@H](Cc1ccccc1)NC(=O)[C@H](CS)NC(=O)[C@H](Cc1ccc(O)cc1)NC(=O)[C@H](Cc1c[nH]c2ccccc12)NC(=O)[C@@H](N)Cc1ccccc1)C(=O)O. The molecule has 3 aromatic heterocycles. The van der Waals surface area contributed by atoms with E-state index >= 15 is 43.2 Å². The molecule has 136 heavy (non-hydrogen) atoms. The Morgan fingerprint density at radius 1 is 0.265 bits per heavy atom. The number of aromatic hydroxyl groups is 3. The Morgan fingerprint density at radius 3 is 0.787 bits per heavy atom. The van der Waals surface area contributed by atoms with Crippen molar-refractivity contribution in [3.63, 3.8) is 0 Å². The third-order valence-corrected chi connectivity index (χ3v) is 24.0. The number of thiol groups is 1. The number of phenolic OH excluding ortho intramolecular Hbond substituents is 3. The molecule has 710 valence electrons. The van der Waals surface area contributed by atoms with Gasteiger partial charge in [-0.25, -0.2) is 4.79 Å². The molecule has 34 heteroatoms. The summed E-state index contributed by atoms with van der Waals surface area (Å²) in [6.45, 7) is 0.436. The Balaban J connectivity index is 0.814. The van der Waals surface area contributed by atoms with Crippen LogP contribution in [0.2, 0.25) is 0 Å². The Hall–Kier alpha value is -15.1. The lowest BCUT2D eigenvalue weighted by Gasteiger charge is -2.29. The lowest BCUT2D eigenvalue weighted by Crippen LogP contribution is -2.62. The van der Waals surface area contributed by atoms with Gasteiger partial charge < -0.3 is 111 Å². The van der Waals surface area contributed by atoms with Gasteiger partial charge in [0.15, 0.2) is 0 Å². The van der Waals surface area contributed by atoms with Gasteiger partial charge in [-0.3, -0.25) is 52.7 Å². The molecular formula is C102H115N17O16S. The van der Waals surface area contributed by atoms with E-state index in [1.54, 1.807) is 128 Å². The number of carboxylic acids is 1.